The second-order valence-corrected chi connectivity index (χ2v) is 2.91. The van der Waals surface area contributed by atoms with E-state index in [1.54, 1.807) is 6.08 Å². The lowest BCUT2D eigenvalue weighted by Gasteiger charge is -1.97. The fourth-order valence-electron chi connectivity index (χ4n) is 1.40. The van der Waals surface area contributed by atoms with E-state index in [1.165, 1.54) is 6.42 Å². The van der Waals surface area contributed by atoms with E-state index in [0.29, 0.717) is 5.78 Å². The van der Waals surface area contributed by atoms with E-state index in [1.807, 2.05) is 6.08 Å². The lowest BCUT2D eigenvalue weighted by molar-refractivity contribution is -0.115. The number of carbonyl (C=O) groups excluding carboxylic acids is 1. The monoisotopic (exact) mass is 150 g/mol. The van der Waals surface area contributed by atoms with E-state index in [2.05, 4.69) is 6.58 Å². The Balaban J connectivity index is 2.66. The zero-order valence-electron chi connectivity index (χ0n) is 6.81. The SMILES string of the molecule is C=C/C=C1\CCCCCC1=O. The minimum Gasteiger partial charge on any atom is -0.295 e. The van der Waals surface area contributed by atoms with Gasteiger partial charge in [0.1, 0.15) is 0 Å². The highest BCUT2D eigenvalue weighted by molar-refractivity contribution is 5.95. The Labute approximate surface area is 67.8 Å². The summed E-state index contributed by atoms with van der Waals surface area (Å²) in [6.45, 7) is 3.59. The summed E-state index contributed by atoms with van der Waals surface area (Å²) < 4.78 is 0. The first-order chi connectivity index (χ1) is 5.34. The van der Waals surface area contributed by atoms with Crippen molar-refractivity contribution in [2.24, 2.45) is 0 Å². The molecule has 0 aromatic carbocycles. The summed E-state index contributed by atoms with van der Waals surface area (Å²) in [4.78, 5) is 11.3. The zero-order chi connectivity index (χ0) is 8.10. The van der Waals surface area contributed by atoms with Crippen LogP contribution in [0.15, 0.2) is 24.3 Å². The van der Waals surface area contributed by atoms with Crippen LogP contribution in [0.3, 0.4) is 0 Å². The average Bonchev–Trinajstić information content (AvgIpc) is 2.18. The third-order valence-electron chi connectivity index (χ3n) is 2.03. The van der Waals surface area contributed by atoms with Gasteiger partial charge in [-0.15, -0.1) is 0 Å². The summed E-state index contributed by atoms with van der Waals surface area (Å²) in [6.07, 6.45) is 8.66. The molecule has 0 saturated heterocycles. The molecule has 0 atom stereocenters. The number of rotatable bonds is 1. The predicted octanol–water partition coefficient (Wildman–Crippen LogP) is 2.63. The first-order valence-electron chi connectivity index (χ1n) is 4.19. The molecule has 0 heterocycles. The van der Waals surface area contributed by atoms with E-state index < -0.39 is 0 Å². The van der Waals surface area contributed by atoms with Crippen LogP contribution in [0.25, 0.3) is 0 Å². The van der Waals surface area contributed by atoms with Gasteiger partial charge in [-0.2, -0.15) is 0 Å². The van der Waals surface area contributed by atoms with Crippen LogP contribution < -0.4 is 0 Å². The van der Waals surface area contributed by atoms with Gasteiger partial charge in [0, 0.05) is 6.42 Å². The molecular formula is C10H14O. The van der Waals surface area contributed by atoms with Crippen molar-refractivity contribution < 1.29 is 4.79 Å². The van der Waals surface area contributed by atoms with Gasteiger partial charge < -0.3 is 0 Å². The molecule has 11 heavy (non-hydrogen) atoms. The maximum atomic E-state index is 11.3. The lowest BCUT2D eigenvalue weighted by atomic mass is 10.1. The topological polar surface area (TPSA) is 17.1 Å². The Hall–Kier alpha value is -0.850. The Kier molecular flexibility index (Phi) is 3.09. The maximum Gasteiger partial charge on any atom is 0.158 e. The largest absolute Gasteiger partial charge is 0.295 e. The van der Waals surface area contributed by atoms with E-state index in [4.69, 9.17) is 0 Å². The molecule has 0 amide bonds. The van der Waals surface area contributed by atoms with Gasteiger partial charge in [-0.1, -0.05) is 25.2 Å². The van der Waals surface area contributed by atoms with E-state index >= 15 is 0 Å². The zero-order valence-corrected chi connectivity index (χ0v) is 6.81. The predicted molar refractivity (Wildman–Crippen MR) is 46.4 cm³/mol. The molecule has 0 aliphatic heterocycles. The van der Waals surface area contributed by atoms with Crippen molar-refractivity contribution in [1.82, 2.24) is 0 Å². The van der Waals surface area contributed by atoms with Crippen LogP contribution in [-0.4, -0.2) is 5.78 Å². The normalized spacial score (nSPS) is 23.3. The fraction of sp³-hybridized carbons (Fsp3) is 0.500. The van der Waals surface area contributed by atoms with Gasteiger partial charge in [0.2, 0.25) is 0 Å². The maximum absolute atomic E-state index is 11.3. The molecular weight excluding hydrogens is 136 g/mol. The van der Waals surface area contributed by atoms with Crippen molar-refractivity contribution in [3.63, 3.8) is 0 Å². The number of allylic oxidation sites excluding steroid dienone is 3. The summed E-state index contributed by atoms with van der Waals surface area (Å²) in [7, 11) is 0. The summed E-state index contributed by atoms with van der Waals surface area (Å²) in [5.41, 5.74) is 0.970. The first kappa shape index (κ1) is 8.25. The third kappa shape index (κ3) is 2.34. The molecule has 0 radical (unpaired) electrons. The van der Waals surface area contributed by atoms with Crippen molar-refractivity contribution in [1.29, 1.82) is 0 Å². The van der Waals surface area contributed by atoms with Crippen molar-refractivity contribution in [3.05, 3.63) is 24.3 Å². The molecule has 0 N–H and O–H groups in total. The molecule has 1 aliphatic rings. The summed E-state index contributed by atoms with van der Waals surface area (Å²) in [6, 6.07) is 0. The van der Waals surface area contributed by atoms with Crippen LogP contribution in [0.4, 0.5) is 0 Å². The molecule has 0 spiro atoms. The Bertz CT molecular complexity index is 189. The van der Waals surface area contributed by atoms with E-state index in [0.717, 1.165) is 31.3 Å². The van der Waals surface area contributed by atoms with Crippen LogP contribution >= 0.6 is 0 Å². The second-order valence-electron chi connectivity index (χ2n) is 2.91. The average molecular weight is 150 g/mol. The van der Waals surface area contributed by atoms with Crippen LogP contribution in [0, 0.1) is 0 Å². The van der Waals surface area contributed by atoms with Crippen molar-refractivity contribution >= 4 is 5.78 Å². The van der Waals surface area contributed by atoms with Gasteiger partial charge in [0.05, 0.1) is 0 Å². The van der Waals surface area contributed by atoms with Gasteiger partial charge >= 0.3 is 0 Å². The molecule has 0 aromatic heterocycles. The lowest BCUT2D eigenvalue weighted by Crippen LogP contribution is -1.98. The van der Waals surface area contributed by atoms with E-state index in [9.17, 15) is 4.79 Å². The standard InChI is InChI=1S/C10H14O/c1-2-6-9-7-4-3-5-8-10(9)11/h2,6H,1,3-5,7-8H2/b9-6+. The quantitative estimate of drug-likeness (QED) is 0.415. The van der Waals surface area contributed by atoms with Crippen molar-refractivity contribution in [2.45, 2.75) is 32.1 Å². The van der Waals surface area contributed by atoms with Crippen LogP contribution in [0.1, 0.15) is 32.1 Å². The van der Waals surface area contributed by atoms with Gasteiger partial charge in [-0.25, -0.2) is 0 Å². The summed E-state index contributed by atoms with van der Waals surface area (Å²) >= 11 is 0. The molecule has 1 saturated carbocycles. The Morgan fingerprint density at radius 2 is 1.91 bits per heavy atom. The molecule has 0 unspecified atom stereocenters. The van der Waals surface area contributed by atoms with Gasteiger partial charge in [0.15, 0.2) is 5.78 Å². The Morgan fingerprint density at radius 1 is 1.18 bits per heavy atom. The molecule has 1 heteroatoms. The highest BCUT2D eigenvalue weighted by Gasteiger charge is 2.11. The number of hydrogen-bond donors (Lipinski definition) is 0. The molecule has 1 nitrogen and oxygen atoms in total. The van der Waals surface area contributed by atoms with Crippen LogP contribution in [0.5, 0.6) is 0 Å². The smallest absolute Gasteiger partial charge is 0.158 e. The first-order valence-corrected chi connectivity index (χ1v) is 4.19. The second kappa shape index (κ2) is 4.12. The fourth-order valence-corrected chi connectivity index (χ4v) is 1.40. The number of ketones is 1. The summed E-state index contributed by atoms with van der Waals surface area (Å²) in [5, 5.41) is 0. The Morgan fingerprint density at radius 3 is 2.64 bits per heavy atom. The molecule has 1 aliphatic carbocycles. The summed E-state index contributed by atoms with van der Waals surface area (Å²) in [5.74, 6) is 0.322. The van der Waals surface area contributed by atoms with Crippen LogP contribution in [0.2, 0.25) is 0 Å². The molecule has 60 valence electrons. The highest BCUT2D eigenvalue weighted by atomic mass is 16.1. The minimum atomic E-state index is 0.322. The van der Waals surface area contributed by atoms with E-state index in [-0.39, 0.29) is 0 Å². The molecule has 0 aromatic rings. The van der Waals surface area contributed by atoms with Gasteiger partial charge in [0.25, 0.3) is 0 Å². The van der Waals surface area contributed by atoms with Gasteiger partial charge in [-0.05, 0) is 24.8 Å². The highest BCUT2D eigenvalue weighted by Crippen LogP contribution is 2.18. The molecule has 1 rings (SSSR count). The van der Waals surface area contributed by atoms with Crippen molar-refractivity contribution in [3.8, 4) is 0 Å². The third-order valence-corrected chi connectivity index (χ3v) is 2.03. The number of Topliss-reactive ketones (excluding diaryl/α,β-unsaturated/α-hetero) is 1. The molecule has 0 bridgehead atoms. The van der Waals surface area contributed by atoms with Gasteiger partial charge in [-0.3, -0.25) is 4.79 Å². The van der Waals surface area contributed by atoms with Crippen molar-refractivity contribution in [2.75, 3.05) is 0 Å². The molecule has 1 fully saturated rings. The number of hydrogen-bond acceptors (Lipinski definition) is 1. The minimum absolute atomic E-state index is 0.322. The van der Waals surface area contributed by atoms with Crippen LogP contribution in [-0.2, 0) is 4.79 Å². The number of carbonyl (C=O) groups is 1.